The Morgan fingerprint density at radius 2 is 1.30 bits per heavy atom. The van der Waals surface area contributed by atoms with Crippen LogP contribution in [-0.2, 0) is 42.7 Å². The summed E-state index contributed by atoms with van der Waals surface area (Å²) < 4.78 is 42.4. The first kappa shape index (κ1) is 53.4. The molecule has 394 valence electrons. The van der Waals surface area contributed by atoms with E-state index in [9.17, 15) is 60.7 Å². The average Bonchev–Trinajstić information content (AvgIpc) is 3.28. The zero-order valence-electron chi connectivity index (χ0n) is 41.5. The van der Waals surface area contributed by atoms with Crippen LogP contribution in [0.5, 0.6) is 0 Å². The van der Waals surface area contributed by atoms with Crippen molar-refractivity contribution in [1.29, 1.82) is 0 Å². The van der Waals surface area contributed by atoms with E-state index < -0.39 is 116 Å². The summed E-state index contributed by atoms with van der Waals surface area (Å²) in [6, 6.07) is 0. The van der Waals surface area contributed by atoms with Gasteiger partial charge in [-0.2, -0.15) is 0 Å². The van der Waals surface area contributed by atoms with Crippen LogP contribution in [0.2, 0.25) is 0 Å². The zero-order chi connectivity index (χ0) is 50.7. The van der Waals surface area contributed by atoms with E-state index in [4.69, 9.17) is 33.2 Å². The number of aliphatic hydroxyl groups excluding tert-OH is 9. The maximum Gasteiger partial charge on any atom is 0.335 e. The summed E-state index contributed by atoms with van der Waals surface area (Å²) in [7, 11) is 0. The van der Waals surface area contributed by atoms with E-state index >= 15 is 0 Å². The number of fused-ring (bicyclic) bond motifs is 7. The summed E-state index contributed by atoms with van der Waals surface area (Å²) in [5.41, 5.74) is -0.243. The van der Waals surface area contributed by atoms with E-state index in [0.29, 0.717) is 12.8 Å². The van der Waals surface area contributed by atoms with Crippen molar-refractivity contribution in [2.75, 3.05) is 13.2 Å². The average molecular weight is 985 g/mol. The molecule has 19 nitrogen and oxygen atoms in total. The Bertz CT molecular complexity index is 1930. The summed E-state index contributed by atoms with van der Waals surface area (Å²) >= 11 is 0. The molecule has 25 atom stereocenters. The standard InChI is InChI=1S/C50H80O19/c1-22-31(54)33(56)37(60)42(63-22)68-39-34(57)32(55)26(20-51)65-43(39)69-40-36(59)35(58)38(41(61)62)67-44(40)66-29-13-14-47(6)27(48(29,7)21-52)12-15-50(9)28(47)11-10-24-25-18-45(3,4)19-30(64-23(2)53)46(25,5)16-17-49(24,50)8/h10,22,25-40,42-44,51-52,54-60H,11-21H2,1-9H3,(H,61,62)/t22-,25-,26+,27+,28+,29-,30+,31-,32-,33+,34-,35-,36-,37+,38-,39+,40+,42-,43-,44+,46+,47-,48+,49+,50+/m0/s1. The molecule has 0 aromatic heterocycles. The molecule has 0 radical (unpaired) electrons. The second-order valence-corrected chi connectivity index (χ2v) is 24.2. The number of allylic oxidation sites excluding steroid dienone is 2. The van der Waals surface area contributed by atoms with E-state index in [-0.39, 0.29) is 63.5 Å². The number of carboxylic acids is 1. The van der Waals surface area contributed by atoms with Gasteiger partial charge in [0.25, 0.3) is 0 Å². The van der Waals surface area contributed by atoms with Crippen molar-refractivity contribution in [3.63, 3.8) is 0 Å². The Labute approximate surface area is 404 Å². The van der Waals surface area contributed by atoms with Gasteiger partial charge in [-0.05, 0) is 104 Å². The van der Waals surface area contributed by atoms with Crippen LogP contribution in [0.15, 0.2) is 11.6 Å². The molecule has 0 aromatic carbocycles. The van der Waals surface area contributed by atoms with E-state index in [1.807, 2.05) is 6.92 Å². The molecule has 3 aliphatic heterocycles. The van der Waals surface area contributed by atoms with Gasteiger partial charge in [-0.3, -0.25) is 4.79 Å². The van der Waals surface area contributed by atoms with E-state index in [0.717, 1.165) is 44.9 Å². The fourth-order valence-electron chi connectivity index (χ4n) is 15.5. The third kappa shape index (κ3) is 8.56. The molecule has 10 N–H and O–H groups in total. The smallest absolute Gasteiger partial charge is 0.335 e. The molecule has 8 aliphatic rings. The highest BCUT2D eigenvalue weighted by Crippen LogP contribution is 2.76. The number of carboxylic acid groups (broad SMARTS) is 1. The van der Waals surface area contributed by atoms with Crippen LogP contribution in [-0.4, -0.2) is 181 Å². The van der Waals surface area contributed by atoms with E-state index in [2.05, 4.69) is 47.6 Å². The number of ether oxygens (including phenoxy) is 7. The first-order chi connectivity index (χ1) is 32.1. The number of carbonyl (C=O) groups excluding carboxylic acids is 1. The van der Waals surface area contributed by atoms with Crippen LogP contribution in [0, 0.1) is 50.2 Å². The number of esters is 1. The van der Waals surface area contributed by atoms with Crippen molar-refractivity contribution in [3.8, 4) is 0 Å². The largest absolute Gasteiger partial charge is 0.479 e. The van der Waals surface area contributed by atoms with Crippen LogP contribution in [0.4, 0.5) is 0 Å². The molecule has 0 spiro atoms. The van der Waals surface area contributed by atoms with Gasteiger partial charge in [-0.15, -0.1) is 0 Å². The molecule has 0 bridgehead atoms. The monoisotopic (exact) mass is 985 g/mol. The summed E-state index contributed by atoms with van der Waals surface area (Å²) in [5, 5.41) is 108. The van der Waals surface area contributed by atoms with Gasteiger partial charge in [0.1, 0.15) is 67.1 Å². The molecule has 8 rings (SSSR count). The van der Waals surface area contributed by atoms with Crippen LogP contribution < -0.4 is 0 Å². The fourth-order valence-corrected chi connectivity index (χ4v) is 15.5. The van der Waals surface area contributed by atoms with E-state index in [1.165, 1.54) is 19.4 Å². The molecule has 3 saturated heterocycles. The topological polar surface area (TPSA) is 301 Å². The lowest BCUT2D eigenvalue weighted by molar-refractivity contribution is -0.396. The lowest BCUT2D eigenvalue weighted by Crippen LogP contribution is -2.68. The molecule has 69 heavy (non-hydrogen) atoms. The quantitative estimate of drug-likeness (QED) is 0.0838. The van der Waals surface area contributed by atoms with Crippen molar-refractivity contribution in [1.82, 2.24) is 0 Å². The van der Waals surface area contributed by atoms with Crippen LogP contribution in [0.3, 0.4) is 0 Å². The van der Waals surface area contributed by atoms with E-state index in [1.54, 1.807) is 0 Å². The molecular formula is C50H80O19. The maximum atomic E-state index is 12.5. The Hall–Kier alpha value is -1.92. The third-order valence-electron chi connectivity index (χ3n) is 19.8. The Balaban J connectivity index is 1.08. The normalized spacial score (nSPS) is 53.9. The summed E-state index contributed by atoms with van der Waals surface area (Å²) in [6.07, 6.45) is -17.7. The van der Waals surface area contributed by atoms with Gasteiger partial charge in [0.15, 0.2) is 25.0 Å². The maximum absolute atomic E-state index is 12.5. The van der Waals surface area contributed by atoms with Gasteiger partial charge in [-0.1, -0.05) is 60.1 Å². The van der Waals surface area contributed by atoms with Gasteiger partial charge in [0.05, 0.1) is 25.4 Å². The summed E-state index contributed by atoms with van der Waals surface area (Å²) in [5.74, 6) is -1.49. The number of rotatable bonds is 10. The minimum absolute atomic E-state index is 0.0244. The number of hydrogen-bond donors (Lipinski definition) is 10. The number of carbonyl (C=O) groups is 2. The van der Waals surface area contributed by atoms with Crippen LogP contribution in [0.25, 0.3) is 0 Å². The molecule has 3 heterocycles. The lowest BCUT2D eigenvalue weighted by atomic mass is 9.33. The second-order valence-electron chi connectivity index (χ2n) is 24.2. The van der Waals surface area contributed by atoms with Crippen LogP contribution >= 0.6 is 0 Å². The van der Waals surface area contributed by atoms with Gasteiger partial charge in [0.2, 0.25) is 0 Å². The number of aliphatic carboxylic acids is 1. The predicted octanol–water partition coefficient (Wildman–Crippen LogP) is 1.28. The Kier molecular flexibility index (Phi) is 14.5. The molecule has 19 heteroatoms. The molecule has 0 aromatic rings. The van der Waals surface area contributed by atoms with Gasteiger partial charge >= 0.3 is 11.9 Å². The molecule has 4 saturated carbocycles. The van der Waals surface area contributed by atoms with Crippen molar-refractivity contribution >= 4 is 11.9 Å². The lowest BCUT2D eigenvalue weighted by Gasteiger charge is -2.72. The fraction of sp³-hybridized carbons (Fsp3) is 0.920. The van der Waals surface area contributed by atoms with Gasteiger partial charge in [-0.25, -0.2) is 4.79 Å². The highest BCUT2D eigenvalue weighted by Gasteiger charge is 2.70. The van der Waals surface area contributed by atoms with Crippen molar-refractivity contribution in [3.05, 3.63) is 11.6 Å². The molecular weight excluding hydrogens is 905 g/mol. The second kappa shape index (κ2) is 18.8. The highest BCUT2D eigenvalue weighted by atomic mass is 16.8. The van der Waals surface area contributed by atoms with Gasteiger partial charge < -0.3 is 84.2 Å². The molecule has 0 unspecified atom stereocenters. The van der Waals surface area contributed by atoms with Gasteiger partial charge in [0, 0.05) is 17.8 Å². The predicted molar refractivity (Wildman–Crippen MR) is 240 cm³/mol. The molecule has 0 amide bonds. The molecule has 5 aliphatic carbocycles. The zero-order valence-corrected chi connectivity index (χ0v) is 41.5. The minimum Gasteiger partial charge on any atom is -0.479 e. The van der Waals surface area contributed by atoms with Crippen LogP contribution in [0.1, 0.15) is 120 Å². The summed E-state index contributed by atoms with van der Waals surface area (Å²) in [4.78, 5) is 25.0. The number of hydrogen-bond acceptors (Lipinski definition) is 18. The third-order valence-corrected chi connectivity index (χ3v) is 19.8. The summed E-state index contributed by atoms with van der Waals surface area (Å²) in [6.45, 7) is 17.8. The van der Waals surface area contributed by atoms with Crippen molar-refractivity contribution < 1.29 is 93.8 Å². The Morgan fingerprint density at radius 1 is 0.667 bits per heavy atom. The molecule has 7 fully saturated rings. The highest BCUT2D eigenvalue weighted by molar-refractivity contribution is 5.73. The number of aliphatic hydroxyl groups is 9. The Morgan fingerprint density at radius 3 is 1.93 bits per heavy atom. The minimum atomic E-state index is -2.08. The SMILES string of the molecule is CC(=O)O[C@@H]1CC(C)(C)C[C@H]2C3=CC[C@@H]4[C@@]5(C)CC[C@H](O[C@@H]6O[C@H](C(=O)O)[C@@H](O)[C@H](O)[C@H]6O[C@@H]6O[C@H](CO)[C@H](O)[C@H](O)[C@H]6O[C@@H]6O[C@@H](C)[C@H](O)[C@@H](O)[C@H]6O)[C@](C)(CO)[C@@H]5CC[C@@]4(C)[C@]3(C)CC[C@@]12C. The first-order valence-electron chi connectivity index (χ1n) is 25.1. The van der Waals surface area contributed by atoms with Crippen molar-refractivity contribution in [2.45, 2.75) is 224 Å². The van der Waals surface area contributed by atoms with Crippen molar-refractivity contribution in [2.24, 2.45) is 50.2 Å². The first-order valence-corrected chi connectivity index (χ1v) is 25.1.